The Bertz CT molecular complexity index is 1410. The number of carbonyl (C=O) groups excluding carboxylic acids is 1. The molecule has 1 N–H and O–H groups in total. The first kappa shape index (κ1) is 25.1. The topological polar surface area (TPSA) is 92.7 Å². The van der Waals surface area contributed by atoms with Crippen LogP contribution in [0, 0.1) is 11.3 Å². The Morgan fingerprint density at radius 3 is 2.23 bits per heavy atom. The van der Waals surface area contributed by atoms with E-state index in [0.717, 1.165) is 16.7 Å². The third-order valence-corrected chi connectivity index (χ3v) is 8.13. The Labute approximate surface area is 226 Å². The largest absolute Gasteiger partial charge is 0.493 e. The molecular weight excluding hydrogens is 500 g/mol. The zero-order valence-electron chi connectivity index (χ0n) is 22.0. The number of fused-ring (bicyclic) bond motifs is 3. The van der Waals surface area contributed by atoms with Gasteiger partial charge in [-0.3, -0.25) is 4.79 Å². The van der Waals surface area contributed by atoms with Crippen LogP contribution in [-0.2, 0) is 9.53 Å². The van der Waals surface area contributed by atoms with Crippen LogP contribution in [0.4, 0.5) is 0 Å². The van der Waals surface area contributed by atoms with Gasteiger partial charge in [-0.2, -0.15) is 0 Å². The Morgan fingerprint density at radius 1 is 0.923 bits per heavy atom. The molecule has 6 rings (SSSR count). The Hall–Kier alpha value is -4.17. The fourth-order valence-corrected chi connectivity index (χ4v) is 6.33. The molecule has 0 aromatic heterocycles. The second kappa shape index (κ2) is 9.85. The van der Waals surface area contributed by atoms with Gasteiger partial charge >= 0.3 is 5.97 Å². The van der Waals surface area contributed by atoms with Crippen LogP contribution in [0.3, 0.4) is 0 Å². The first-order valence-corrected chi connectivity index (χ1v) is 12.8. The van der Waals surface area contributed by atoms with Crippen molar-refractivity contribution in [3.63, 3.8) is 0 Å². The third kappa shape index (κ3) is 3.89. The summed E-state index contributed by atoms with van der Waals surface area (Å²) in [5.74, 6) is 1.16. The highest BCUT2D eigenvalue weighted by atomic mass is 16.7. The summed E-state index contributed by atoms with van der Waals surface area (Å²) in [6.45, 7) is 0.202. The maximum absolute atomic E-state index is 13.9. The lowest BCUT2D eigenvalue weighted by molar-refractivity contribution is -0.148. The van der Waals surface area contributed by atoms with Crippen LogP contribution < -0.4 is 23.7 Å². The summed E-state index contributed by atoms with van der Waals surface area (Å²) in [6.07, 6.45) is 3.39. The molecule has 0 bridgehead atoms. The van der Waals surface area contributed by atoms with Crippen molar-refractivity contribution in [3.8, 4) is 28.7 Å². The number of benzene rings is 3. The molecule has 3 aromatic rings. The highest BCUT2D eigenvalue weighted by molar-refractivity contribution is 5.84. The van der Waals surface area contributed by atoms with E-state index in [1.165, 1.54) is 0 Å². The number of carbonyl (C=O) groups is 1. The number of aliphatic hydroxyl groups is 1. The molecule has 0 amide bonds. The number of cyclic esters (lactones) is 1. The molecule has 4 atom stereocenters. The van der Waals surface area contributed by atoms with Crippen molar-refractivity contribution in [2.75, 3.05) is 34.7 Å². The average Bonchev–Trinajstić information content (AvgIpc) is 3.56. The van der Waals surface area contributed by atoms with E-state index in [1.807, 2.05) is 66.7 Å². The lowest BCUT2D eigenvalue weighted by Gasteiger charge is -2.45. The number of rotatable bonds is 7. The fourth-order valence-electron chi connectivity index (χ4n) is 6.33. The Balaban J connectivity index is 1.58. The second-order valence-corrected chi connectivity index (χ2v) is 9.93. The minimum Gasteiger partial charge on any atom is -0.493 e. The van der Waals surface area contributed by atoms with Crippen LogP contribution in [0.25, 0.3) is 6.08 Å². The molecule has 0 saturated carbocycles. The van der Waals surface area contributed by atoms with Crippen LogP contribution in [0.5, 0.6) is 28.7 Å². The molecule has 1 fully saturated rings. The summed E-state index contributed by atoms with van der Waals surface area (Å²) < 4.78 is 34.0. The van der Waals surface area contributed by atoms with Gasteiger partial charge in [0.25, 0.3) is 0 Å². The predicted molar refractivity (Wildman–Crippen MR) is 142 cm³/mol. The molecule has 1 aliphatic carbocycles. The SMILES string of the molecule is COc1cc([C@@H]2c3cc4c(cc3[C@H](O)[C@H]3COC(=O)[C@@]23C/C=C/c2ccccc2)OCO4)cc(OC)c1OC. The highest BCUT2D eigenvalue weighted by Crippen LogP contribution is 2.63. The zero-order chi connectivity index (χ0) is 27.1. The third-order valence-electron chi connectivity index (χ3n) is 8.13. The Kier molecular flexibility index (Phi) is 6.35. The van der Waals surface area contributed by atoms with E-state index in [2.05, 4.69) is 0 Å². The van der Waals surface area contributed by atoms with Gasteiger partial charge in [-0.25, -0.2) is 0 Å². The molecule has 0 unspecified atom stereocenters. The van der Waals surface area contributed by atoms with Gasteiger partial charge < -0.3 is 33.5 Å². The molecule has 2 heterocycles. The number of methoxy groups -OCH3 is 3. The number of hydrogen-bond acceptors (Lipinski definition) is 8. The maximum Gasteiger partial charge on any atom is 0.313 e. The van der Waals surface area contributed by atoms with Gasteiger partial charge in [-0.05, 0) is 52.9 Å². The van der Waals surface area contributed by atoms with Gasteiger partial charge in [0.05, 0.1) is 39.5 Å². The highest BCUT2D eigenvalue weighted by Gasteiger charge is 2.63. The van der Waals surface area contributed by atoms with Crippen molar-refractivity contribution in [3.05, 3.63) is 82.9 Å². The minimum atomic E-state index is -1.10. The zero-order valence-corrected chi connectivity index (χ0v) is 22.0. The molecule has 3 aliphatic rings. The molecule has 8 heteroatoms. The van der Waals surface area contributed by atoms with E-state index in [9.17, 15) is 9.90 Å². The molecule has 2 aliphatic heterocycles. The standard InChI is InChI=1S/C31H30O8/c1-34-25-12-19(13-26(35-2)29(25)36-3)27-20-14-23-24(39-17-38-23)15-21(20)28(32)22-16-37-30(33)31(22,27)11-7-10-18-8-5-4-6-9-18/h4-10,12-15,22,27-28,32H,11,16-17H2,1-3H3/b10-7+/t22-,27-,28+,31-/m1/s1. The molecular formula is C31H30O8. The number of ether oxygens (including phenoxy) is 6. The summed E-state index contributed by atoms with van der Waals surface area (Å²) in [4.78, 5) is 13.9. The van der Waals surface area contributed by atoms with Gasteiger partial charge in [-0.15, -0.1) is 0 Å². The lowest BCUT2D eigenvalue weighted by atomic mass is 9.55. The number of aliphatic hydroxyl groups excluding tert-OH is 1. The van der Waals surface area contributed by atoms with E-state index in [4.69, 9.17) is 28.4 Å². The van der Waals surface area contributed by atoms with E-state index >= 15 is 0 Å². The van der Waals surface area contributed by atoms with E-state index in [1.54, 1.807) is 21.3 Å². The molecule has 0 radical (unpaired) electrons. The quantitative estimate of drug-likeness (QED) is 0.432. The second-order valence-electron chi connectivity index (χ2n) is 9.93. The van der Waals surface area contributed by atoms with Gasteiger partial charge in [-0.1, -0.05) is 42.5 Å². The van der Waals surface area contributed by atoms with E-state index < -0.39 is 23.4 Å². The van der Waals surface area contributed by atoms with Gasteiger partial charge in [0.1, 0.15) is 0 Å². The normalized spacial score (nSPS) is 24.7. The molecule has 3 aromatic carbocycles. The Morgan fingerprint density at radius 2 is 1.59 bits per heavy atom. The smallest absolute Gasteiger partial charge is 0.313 e. The monoisotopic (exact) mass is 530 g/mol. The van der Waals surface area contributed by atoms with Gasteiger partial charge in [0.15, 0.2) is 23.0 Å². The van der Waals surface area contributed by atoms with E-state index in [0.29, 0.717) is 40.7 Å². The van der Waals surface area contributed by atoms with Crippen molar-refractivity contribution in [2.24, 2.45) is 11.3 Å². The van der Waals surface area contributed by atoms with Crippen LogP contribution in [0.2, 0.25) is 0 Å². The number of esters is 1. The van der Waals surface area contributed by atoms with Crippen molar-refractivity contribution < 1.29 is 38.3 Å². The predicted octanol–water partition coefficient (Wildman–Crippen LogP) is 4.88. The van der Waals surface area contributed by atoms with Gasteiger partial charge in [0.2, 0.25) is 12.5 Å². The van der Waals surface area contributed by atoms with Crippen LogP contribution >= 0.6 is 0 Å². The molecule has 1 saturated heterocycles. The maximum atomic E-state index is 13.9. The summed E-state index contributed by atoms with van der Waals surface area (Å²) >= 11 is 0. The van der Waals surface area contributed by atoms with Crippen molar-refractivity contribution in [1.29, 1.82) is 0 Å². The van der Waals surface area contributed by atoms with Crippen LogP contribution in [0.15, 0.2) is 60.7 Å². The summed E-state index contributed by atoms with van der Waals surface area (Å²) in [6, 6.07) is 17.3. The molecule has 8 nitrogen and oxygen atoms in total. The van der Waals surface area contributed by atoms with Crippen molar-refractivity contribution in [2.45, 2.75) is 18.4 Å². The van der Waals surface area contributed by atoms with Crippen LogP contribution in [0.1, 0.15) is 40.7 Å². The summed E-state index contributed by atoms with van der Waals surface area (Å²) in [5.41, 5.74) is 2.14. The number of hydrogen-bond donors (Lipinski definition) is 1. The first-order chi connectivity index (χ1) is 19.0. The van der Waals surface area contributed by atoms with Gasteiger partial charge in [0, 0.05) is 11.8 Å². The van der Waals surface area contributed by atoms with Crippen molar-refractivity contribution >= 4 is 12.0 Å². The first-order valence-electron chi connectivity index (χ1n) is 12.8. The summed E-state index contributed by atoms with van der Waals surface area (Å²) in [7, 11) is 4.67. The lowest BCUT2D eigenvalue weighted by Crippen LogP contribution is -2.46. The molecule has 0 spiro atoms. The molecule has 39 heavy (non-hydrogen) atoms. The van der Waals surface area contributed by atoms with Crippen LogP contribution in [-0.4, -0.2) is 45.8 Å². The average molecular weight is 531 g/mol. The van der Waals surface area contributed by atoms with E-state index in [-0.39, 0.29) is 19.4 Å². The fraction of sp³-hybridized carbons (Fsp3) is 0.323. The van der Waals surface area contributed by atoms with Crippen molar-refractivity contribution in [1.82, 2.24) is 0 Å². The molecule has 202 valence electrons. The summed E-state index contributed by atoms with van der Waals surface area (Å²) in [5, 5.41) is 11.7. The minimum absolute atomic E-state index is 0.0968. The number of allylic oxidation sites excluding steroid dienone is 1.